The van der Waals surface area contributed by atoms with E-state index in [1.165, 1.54) is 57.8 Å². The Morgan fingerprint density at radius 2 is 1.50 bits per heavy atom. The summed E-state index contributed by atoms with van der Waals surface area (Å²) in [4.78, 5) is 22.0. The number of rotatable bonds is 25. The maximum absolute atomic E-state index is 12.2. The average Bonchev–Trinajstić information content (AvgIpc) is 3.17. The second-order valence-corrected chi connectivity index (χ2v) is 13.0. The molecular formula is C29H57N2O8P. The third kappa shape index (κ3) is 17.9. The quantitative estimate of drug-likeness (QED) is 0.0476. The van der Waals surface area contributed by atoms with Gasteiger partial charge in [-0.1, -0.05) is 70.4 Å². The van der Waals surface area contributed by atoms with Gasteiger partial charge >= 0.3 is 7.60 Å². The average molecular weight is 593 g/mol. The van der Waals surface area contributed by atoms with Crippen LogP contribution in [-0.4, -0.2) is 87.5 Å². The third-order valence-corrected chi connectivity index (χ3v) is 8.84. The van der Waals surface area contributed by atoms with Crippen molar-refractivity contribution < 1.29 is 39.2 Å². The fourth-order valence-corrected chi connectivity index (χ4v) is 6.16. The molecule has 0 aromatic rings. The van der Waals surface area contributed by atoms with Crippen LogP contribution in [0.25, 0.3) is 0 Å². The lowest BCUT2D eigenvalue weighted by molar-refractivity contribution is -0.121. The number of aliphatic hydroxyl groups excluding tert-OH is 4. The van der Waals surface area contributed by atoms with Gasteiger partial charge in [0.15, 0.2) is 0 Å². The molecule has 1 aliphatic heterocycles. The molecular weight excluding hydrogens is 535 g/mol. The van der Waals surface area contributed by atoms with E-state index >= 15 is 0 Å². The smallest absolute Gasteiger partial charge is 0.330 e. The van der Waals surface area contributed by atoms with Crippen LogP contribution in [0.5, 0.6) is 0 Å². The van der Waals surface area contributed by atoms with E-state index in [1.54, 1.807) is 0 Å². The van der Waals surface area contributed by atoms with Gasteiger partial charge in [0.05, 0.1) is 43.7 Å². The number of carbonyl (C=O) groups is 1. The van der Waals surface area contributed by atoms with Crippen LogP contribution in [0.3, 0.4) is 0 Å². The minimum absolute atomic E-state index is 0.0359. The molecule has 1 fully saturated rings. The first-order chi connectivity index (χ1) is 19.2. The highest BCUT2D eigenvalue weighted by molar-refractivity contribution is 7.52. The molecule has 11 heteroatoms. The molecule has 7 N–H and O–H groups in total. The summed E-state index contributed by atoms with van der Waals surface area (Å²) < 4.78 is 17.3. The Hall–Kier alpha value is -0.840. The normalized spacial score (nSPS) is 23.4. The summed E-state index contributed by atoms with van der Waals surface area (Å²) in [6.07, 6.45) is 17.0. The lowest BCUT2D eigenvalue weighted by Gasteiger charge is -2.21. The summed E-state index contributed by atoms with van der Waals surface area (Å²) >= 11 is 0. The molecule has 1 saturated heterocycles. The van der Waals surface area contributed by atoms with E-state index in [1.807, 2.05) is 0 Å². The van der Waals surface area contributed by atoms with Gasteiger partial charge in [-0.25, -0.2) is 0 Å². The zero-order chi connectivity index (χ0) is 29.6. The SMILES string of the molecule is CCCCCCCC/C=C/CCCCCCCC(=O)NCCCOP(=O)(O)C[C@H](O)C[C@H]1N[C@H](CO)[C@@H](O)[C@@H]1O. The highest BCUT2D eigenvalue weighted by Crippen LogP contribution is 2.43. The summed E-state index contributed by atoms with van der Waals surface area (Å²) in [5, 5.41) is 44.7. The first-order valence-corrected chi connectivity index (χ1v) is 17.3. The minimum atomic E-state index is -4.06. The van der Waals surface area contributed by atoms with E-state index in [9.17, 15) is 34.7 Å². The lowest BCUT2D eigenvalue weighted by Crippen LogP contribution is -2.38. The van der Waals surface area contributed by atoms with E-state index in [-0.39, 0.29) is 25.5 Å². The summed E-state index contributed by atoms with van der Waals surface area (Å²) in [6.45, 7) is 2.17. The van der Waals surface area contributed by atoms with Crippen molar-refractivity contribution in [3.63, 3.8) is 0 Å². The molecule has 10 nitrogen and oxygen atoms in total. The molecule has 1 aliphatic rings. The van der Waals surface area contributed by atoms with E-state index in [2.05, 4.69) is 29.7 Å². The minimum Gasteiger partial charge on any atom is -0.395 e. The van der Waals surface area contributed by atoms with Crippen LogP contribution < -0.4 is 10.6 Å². The van der Waals surface area contributed by atoms with Crippen molar-refractivity contribution in [2.75, 3.05) is 25.9 Å². The van der Waals surface area contributed by atoms with Gasteiger partial charge < -0.3 is 40.5 Å². The van der Waals surface area contributed by atoms with Gasteiger partial charge in [-0.3, -0.25) is 9.36 Å². The van der Waals surface area contributed by atoms with E-state index < -0.39 is 44.2 Å². The summed E-state index contributed by atoms with van der Waals surface area (Å²) in [7, 11) is -4.06. The highest BCUT2D eigenvalue weighted by atomic mass is 31.2. The maximum Gasteiger partial charge on any atom is 0.330 e. The number of carbonyl (C=O) groups excluding carboxylic acids is 1. The molecule has 1 amide bonds. The molecule has 1 heterocycles. The molecule has 0 bridgehead atoms. The van der Waals surface area contributed by atoms with Crippen molar-refractivity contribution in [1.82, 2.24) is 10.6 Å². The van der Waals surface area contributed by atoms with E-state index in [0.717, 1.165) is 25.7 Å². The zero-order valence-corrected chi connectivity index (χ0v) is 25.5. The van der Waals surface area contributed by atoms with Crippen molar-refractivity contribution in [3.8, 4) is 0 Å². The first kappa shape index (κ1) is 37.2. The molecule has 1 rings (SSSR count). The molecule has 236 valence electrons. The van der Waals surface area contributed by atoms with Gasteiger partial charge in [-0.05, 0) is 44.9 Å². The fourth-order valence-electron chi connectivity index (χ4n) is 4.95. The molecule has 0 aromatic carbocycles. The van der Waals surface area contributed by atoms with Gasteiger partial charge in [0.1, 0.15) is 0 Å². The van der Waals surface area contributed by atoms with Gasteiger partial charge in [0.2, 0.25) is 5.91 Å². The number of unbranched alkanes of at least 4 members (excludes halogenated alkanes) is 11. The van der Waals surface area contributed by atoms with Crippen molar-refractivity contribution in [2.45, 2.75) is 140 Å². The standard InChI is InChI=1S/C29H57N2O8P/c1-2-3-4-5-6-7-8-9-10-11-12-13-14-15-16-18-27(34)30-19-17-20-39-40(37,38)23-24(33)21-25-28(35)29(36)26(22-32)31-25/h9-10,24-26,28-29,31-33,35-36H,2-8,11-23H2,1H3,(H,30,34)(H,37,38)/b10-9+/t24-,25-,26-,28-,29-/m1/s1. The Labute approximate surface area is 241 Å². The molecule has 40 heavy (non-hydrogen) atoms. The number of aliphatic hydroxyl groups is 4. The Kier molecular flexibility index (Phi) is 21.1. The second-order valence-electron chi connectivity index (χ2n) is 11.1. The molecule has 0 aromatic heterocycles. The van der Waals surface area contributed by atoms with Crippen LogP contribution in [0.2, 0.25) is 0 Å². The molecule has 0 saturated carbocycles. The number of nitrogens with one attached hydrogen (secondary N) is 2. The second kappa shape index (κ2) is 22.7. The molecule has 0 aliphatic carbocycles. The summed E-state index contributed by atoms with van der Waals surface area (Å²) in [5.41, 5.74) is 0. The van der Waals surface area contributed by atoms with Crippen LogP contribution in [-0.2, 0) is 13.9 Å². The zero-order valence-electron chi connectivity index (χ0n) is 24.6. The van der Waals surface area contributed by atoms with Crippen molar-refractivity contribution in [3.05, 3.63) is 12.2 Å². The van der Waals surface area contributed by atoms with Crippen LogP contribution in [0.15, 0.2) is 12.2 Å². The Morgan fingerprint density at radius 1 is 0.925 bits per heavy atom. The fraction of sp³-hybridized carbons (Fsp3) is 0.897. The van der Waals surface area contributed by atoms with Crippen LogP contribution in [0.1, 0.15) is 110 Å². The largest absolute Gasteiger partial charge is 0.395 e. The number of amides is 1. The van der Waals surface area contributed by atoms with Gasteiger partial charge in [-0.15, -0.1) is 0 Å². The van der Waals surface area contributed by atoms with E-state index in [4.69, 9.17) is 4.52 Å². The first-order valence-electron chi connectivity index (χ1n) is 15.5. The van der Waals surface area contributed by atoms with Crippen molar-refractivity contribution in [1.29, 1.82) is 0 Å². The van der Waals surface area contributed by atoms with Gasteiger partial charge in [-0.2, -0.15) is 0 Å². The Balaban J connectivity index is 1.97. The van der Waals surface area contributed by atoms with Gasteiger partial charge in [0.25, 0.3) is 0 Å². The highest BCUT2D eigenvalue weighted by Gasteiger charge is 2.41. The van der Waals surface area contributed by atoms with Crippen LogP contribution in [0, 0.1) is 0 Å². The van der Waals surface area contributed by atoms with Crippen molar-refractivity contribution in [2.24, 2.45) is 0 Å². The number of hydrogen-bond donors (Lipinski definition) is 7. The predicted molar refractivity (Wildman–Crippen MR) is 158 cm³/mol. The Morgan fingerprint density at radius 3 is 2.10 bits per heavy atom. The summed E-state index contributed by atoms with van der Waals surface area (Å²) in [6, 6.07) is -1.42. The number of hydrogen-bond acceptors (Lipinski definition) is 8. The monoisotopic (exact) mass is 592 g/mol. The van der Waals surface area contributed by atoms with Crippen LogP contribution >= 0.6 is 7.60 Å². The third-order valence-electron chi connectivity index (χ3n) is 7.37. The topological polar surface area (TPSA) is 169 Å². The van der Waals surface area contributed by atoms with Gasteiger partial charge in [0, 0.05) is 19.0 Å². The molecule has 1 unspecified atom stereocenters. The summed E-state index contributed by atoms with van der Waals surface area (Å²) in [5.74, 6) is -0.0359. The lowest BCUT2D eigenvalue weighted by atomic mass is 10.0. The van der Waals surface area contributed by atoms with Crippen LogP contribution in [0.4, 0.5) is 0 Å². The molecule has 0 radical (unpaired) electrons. The predicted octanol–water partition coefficient (Wildman–Crippen LogP) is 3.54. The Bertz CT molecular complexity index is 726. The maximum atomic E-state index is 12.2. The molecule has 6 atom stereocenters. The van der Waals surface area contributed by atoms with E-state index in [0.29, 0.717) is 19.4 Å². The molecule has 0 spiro atoms. The van der Waals surface area contributed by atoms with Crippen molar-refractivity contribution >= 4 is 13.5 Å². The number of allylic oxidation sites excluding steroid dienone is 2.